The number of esters is 2. The number of aliphatic carboxylic acids is 1. The molecule has 0 aliphatic rings. The van der Waals surface area contributed by atoms with Crippen molar-refractivity contribution < 1.29 is 29.0 Å². The molecule has 142 valence electrons. The van der Waals surface area contributed by atoms with Crippen molar-refractivity contribution in [2.75, 3.05) is 6.61 Å². The summed E-state index contributed by atoms with van der Waals surface area (Å²) in [5.74, 6) is -4.98. The standard InChI is InChI=1S/C18H13Cl3O6/c1-9-4-2-3-5-10(9)6-7-26-17(24)13-14(21)11(19)8-12(20)15(13)27-18(25)16(22)23/h2-5,8H,6-7H2,1H3,(H,22,23). The molecule has 0 fully saturated rings. The predicted octanol–water partition coefficient (Wildman–Crippen LogP) is 4.34. The third-order valence-electron chi connectivity index (χ3n) is 3.57. The highest BCUT2D eigenvalue weighted by Crippen LogP contribution is 2.39. The summed E-state index contributed by atoms with van der Waals surface area (Å²) in [7, 11) is 0. The predicted molar refractivity (Wildman–Crippen MR) is 99.9 cm³/mol. The van der Waals surface area contributed by atoms with Crippen LogP contribution in [0.5, 0.6) is 5.75 Å². The van der Waals surface area contributed by atoms with Gasteiger partial charge in [0.2, 0.25) is 0 Å². The molecule has 6 nitrogen and oxygen atoms in total. The van der Waals surface area contributed by atoms with E-state index in [1.165, 1.54) is 0 Å². The zero-order chi connectivity index (χ0) is 20.1. The molecule has 0 amide bonds. The fraction of sp³-hybridized carbons (Fsp3) is 0.167. The minimum atomic E-state index is -1.86. The molecule has 27 heavy (non-hydrogen) atoms. The summed E-state index contributed by atoms with van der Waals surface area (Å²) in [4.78, 5) is 34.5. The fourth-order valence-electron chi connectivity index (χ4n) is 2.21. The van der Waals surface area contributed by atoms with Gasteiger partial charge in [0, 0.05) is 6.42 Å². The van der Waals surface area contributed by atoms with Gasteiger partial charge in [-0.1, -0.05) is 59.1 Å². The SMILES string of the molecule is Cc1ccccc1CCOC(=O)c1c(Cl)c(Cl)cc(Cl)c1OC(=O)C(=O)O. The van der Waals surface area contributed by atoms with Gasteiger partial charge in [-0.2, -0.15) is 0 Å². The Morgan fingerprint density at radius 3 is 2.37 bits per heavy atom. The number of hydrogen-bond acceptors (Lipinski definition) is 5. The molecule has 0 aromatic heterocycles. The van der Waals surface area contributed by atoms with Gasteiger partial charge >= 0.3 is 17.9 Å². The molecule has 0 aliphatic carbocycles. The quantitative estimate of drug-likeness (QED) is 0.328. The van der Waals surface area contributed by atoms with Crippen molar-refractivity contribution in [1.82, 2.24) is 0 Å². The lowest BCUT2D eigenvalue weighted by Crippen LogP contribution is -2.21. The summed E-state index contributed by atoms with van der Waals surface area (Å²) in [5.41, 5.74) is 1.60. The van der Waals surface area contributed by atoms with Gasteiger partial charge in [0.15, 0.2) is 5.75 Å². The van der Waals surface area contributed by atoms with E-state index in [9.17, 15) is 14.4 Å². The number of halogens is 3. The number of ether oxygens (including phenoxy) is 2. The van der Waals surface area contributed by atoms with E-state index in [1.54, 1.807) is 0 Å². The van der Waals surface area contributed by atoms with E-state index in [1.807, 2.05) is 31.2 Å². The first-order valence-electron chi connectivity index (χ1n) is 7.56. The molecule has 0 radical (unpaired) electrons. The van der Waals surface area contributed by atoms with Crippen LogP contribution in [0.25, 0.3) is 0 Å². The summed E-state index contributed by atoms with van der Waals surface area (Å²) >= 11 is 17.9. The first-order chi connectivity index (χ1) is 12.7. The van der Waals surface area contributed by atoms with Crippen LogP contribution >= 0.6 is 34.8 Å². The average Bonchev–Trinajstić information content (AvgIpc) is 2.61. The van der Waals surface area contributed by atoms with Gasteiger partial charge in [-0.3, -0.25) is 0 Å². The largest absolute Gasteiger partial charge is 0.473 e. The van der Waals surface area contributed by atoms with Crippen molar-refractivity contribution >= 4 is 52.7 Å². The van der Waals surface area contributed by atoms with Gasteiger partial charge in [0.05, 0.1) is 21.7 Å². The van der Waals surface area contributed by atoms with Crippen LogP contribution < -0.4 is 4.74 Å². The van der Waals surface area contributed by atoms with Crippen molar-refractivity contribution in [3.05, 3.63) is 62.1 Å². The molecule has 2 aromatic rings. The van der Waals surface area contributed by atoms with Crippen molar-refractivity contribution in [3.63, 3.8) is 0 Å². The van der Waals surface area contributed by atoms with E-state index in [0.29, 0.717) is 6.42 Å². The first-order valence-corrected chi connectivity index (χ1v) is 8.70. The van der Waals surface area contributed by atoms with Crippen LogP contribution in [0.4, 0.5) is 0 Å². The summed E-state index contributed by atoms with van der Waals surface area (Å²) < 4.78 is 9.85. The number of carboxylic acids is 1. The Hall–Kier alpha value is -2.28. The van der Waals surface area contributed by atoms with Crippen LogP contribution in [0.15, 0.2) is 30.3 Å². The molecular weight excluding hydrogens is 419 g/mol. The summed E-state index contributed by atoms with van der Waals surface area (Å²) in [6.07, 6.45) is 0.439. The lowest BCUT2D eigenvalue weighted by Gasteiger charge is -2.13. The monoisotopic (exact) mass is 430 g/mol. The normalized spacial score (nSPS) is 10.4. The van der Waals surface area contributed by atoms with E-state index in [-0.39, 0.29) is 21.7 Å². The van der Waals surface area contributed by atoms with Crippen LogP contribution in [0.1, 0.15) is 21.5 Å². The molecule has 0 atom stereocenters. The lowest BCUT2D eigenvalue weighted by atomic mass is 10.1. The molecule has 2 aromatic carbocycles. The van der Waals surface area contributed by atoms with Crippen LogP contribution in [0, 0.1) is 6.92 Å². The highest BCUT2D eigenvalue weighted by atomic mass is 35.5. The molecule has 0 aliphatic heterocycles. The number of carboxylic acid groups (broad SMARTS) is 1. The Balaban J connectivity index is 2.24. The molecular formula is C18H13Cl3O6. The van der Waals surface area contributed by atoms with Crippen molar-refractivity contribution in [2.45, 2.75) is 13.3 Å². The Kier molecular flexibility index (Phi) is 7.07. The number of benzene rings is 2. The van der Waals surface area contributed by atoms with Crippen molar-refractivity contribution in [3.8, 4) is 5.75 Å². The van der Waals surface area contributed by atoms with Gasteiger partial charge in [-0.15, -0.1) is 0 Å². The van der Waals surface area contributed by atoms with Crippen LogP contribution in [-0.4, -0.2) is 29.6 Å². The Morgan fingerprint density at radius 1 is 1.07 bits per heavy atom. The van der Waals surface area contributed by atoms with E-state index in [0.717, 1.165) is 17.2 Å². The Labute approximate surface area is 169 Å². The van der Waals surface area contributed by atoms with Crippen molar-refractivity contribution in [2.24, 2.45) is 0 Å². The molecule has 0 saturated carbocycles. The maximum Gasteiger partial charge on any atom is 0.422 e. The van der Waals surface area contributed by atoms with Gasteiger partial charge in [0.25, 0.3) is 0 Å². The second kappa shape index (κ2) is 9.08. The van der Waals surface area contributed by atoms with E-state index >= 15 is 0 Å². The maximum atomic E-state index is 12.5. The van der Waals surface area contributed by atoms with Crippen LogP contribution in [0.2, 0.25) is 15.1 Å². The smallest absolute Gasteiger partial charge is 0.422 e. The topological polar surface area (TPSA) is 89.9 Å². The molecule has 0 bridgehead atoms. The third-order valence-corrected chi connectivity index (χ3v) is 4.63. The second-order valence-corrected chi connectivity index (χ2v) is 6.56. The van der Waals surface area contributed by atoms with E-state index < -0.39 is 29.2 Å². The number of rotatable bonds is 5. The second-order valence-electron chi connectivity index (χ2n) is 5.37. The number of hydrogen-bond donors (Lipinski definition) is 1. The number of aryl methyl sites for hydroxylation is 1. The third kappa shape index (κ3) is 5.13. The molecule has 0 spiro atoms. The van der Waals surface area contributed by atoms with E-state index in [2.05, 4.69) is 4.74 Å². The highest BCUT2D eigenvalue weighted by molar-refractivity contribution is 6.46. The highest BCUT2D eigenvalue weighted by Gasteiger charge is 2.27. The van der Waals surface area contributed by atoms with Crippen molar-refractivity contribution in [1.29, 1.82) is 0 Å². The fourth-order valence-corrected chi connectivity index (χ4v) is 2.93. The van der Waals surface area contributed by atoms with Gasteiger partial charge in [0.1, 0.15) is 5.56 Å². The first kappa shape index (κ1) is 21.0. The maximum absolute atomic E-state index is 12.5. The molecule has 0 heterocycles. The molecule has 1 N–H and O–H groups in total. The number of carbonyl (C=O) groups is 3. The summed E-state index contributed by atoms with van der Waals surface area (Å²) in [6.45, 7) is 1.94. The molecule has 0 unspecified atom stereocenters. The molecule has 0 saturated heterocycles. The van der Waals surface area contributed by atoms with Gasteiger partial charge in [-0.05, 0) is 24.1 Å². The number of carbonyl (C=O) groups excluding carboxylic acids is 2. The zero-order valence-electron chi connectivity index (χ0n) is 13.9. The Bertz CT molecular complexity index is 910. The lowest BCUT2D eigenvalue weighted by molar-refractivity contribution is -0.158. The van der Waals surface area contributed by atoms with Crippen LogP contribution in [-0.2, 0) is 20.7 Å². The average molecular weight is 432 g/mol. The Morgan fingerprint density at radius 2 is 1.74 bits per heavy atom. The zero-order valence-corrected chi connectivity index (χ0v) is 16.2. The molecule has 9 heteroatoms. The summed E-state index contributed by atoms with van der Waals surface area (Å²) in [6, 6.07) is 8.70. The minimum absolute atomic E-state index is 0.0104. The van der Waals surface area contributed by atoms with E-state index in [4.69, 9.17) is 44.6 Å². The van der Waals surface area contributed by atoms with Crippen LogP contribution in [0.3, 0.4) is 0 Å². The molecule has 2 rings (SSSR count). The summed E-state index contributed by atoms with van der Waals surface area (Å²) in [5, 5.41) is 8.08. The minimum Gasteiger partial charge on any atom is -0.473 e. The van der Waals surface area contributed by atoms with Gasteiger partial charge < -0.3 is 14.6 Å². The van der Waals surface area contributed by atoms with Gasteiger partial charge in [-0.25, -0.2) is 14.4 Å².